The number of fused-ring (bicyclic) bond motifs is 1. The summed E-state index contributed by atoms with van der Waals surface area (Å²) in [4.78, 5) is 30.7. The molecule has 1 aliphatic heterocycles. The SMILES string of the molecule is CCOC(=O)c1c(C)[nH]c(CN(Cc2ccc3c(c2)OCO3)C(=O)Nc2ccc(C)cc2)c1C. The maximum atomic E-state index is 13.3. The quantitative estimate of drug-likeness (QED) is 0.477. The molecule has 0 radical (unpaired) electrons. The molecule has 2 amide bonds. The van der Waals surface area contributed by atoms with Crippen molar-refractivity contribution in [3.05, 3.63) is 76.1 Å². The normalized spacial score (nSPS) is 11.9. The van der Waals surface area contributed by atoms with Crippen molar-refractivity contribution in [1.82, 2.24) is 9.88 Å². The number of rotatable bonds is 7. The van der Waals surface area contributed by atoms with Crippen LogP contribution in [0.2, 0.25) is 0 Å². The Bertz CT molecular complexity index is 1200. The number of H-pyrrole nitrogens is 1. The number of amides is 2. The van der Waals surface area contributed by atoms with Gasteiger partial charge in [-0.1, -0.05) is 23.8 Å². The molecular weight excluding hydrogens is 434 g/mol. The van der Waals surface area contributed by atoms with Crippen LogP contribution in [-0.4, -0.2) is 35.3 Å². The van der Waals surface area contributed by atoms with Crippen molar-refractivity contribution < 1.29 is 23.8 Å². The molecule has 2 aromatic carbocycles. The molecule has 0 bridgehead atoms. The summed E-state index contributed by atoms with van der Waals surface area (Å²) >= 11 is 0. The highest BCUT2D eigenvalue weighted by Gasteiger charge is 2.23. The standard InChI is InChI=1S/C26H29N3O5/c1-5-32-25(30)24-17(3)21(27-18(24)4)14-29(26(31)28-20-9-6-16(2)7-10-20)13-19-8-11-22-23(12-19)34-15-33-22/h6-12,27H,5,13-15H2,1-4H3,(H,28,31). The van der Waals surface area contributed by atoms with Gasteiger partial charge < -0.3 is 29.4 Å². The molecule has 8 heteroatoms. The van der Waals surface area contributed by atoms with Gasteiger partial charge in [-0.25, -0.2) is 9.59 Å². The molecule has 0 saturated heterocycles. The van der Waals surface area contributed by atoms with Crippen molar-refractivity contribution in [1.29, 1.82) is 0 Å². The van der Waals surface area contributed by atoms with Crippen LogP contribution in [0.3, 0.4) is 0 Å². The minimum atomic E-state index is -0.369. The third-order valence-electron chi connectivity index (χ3n) is 5.77. The van der Waals surface area contributed by atoms with E-state index in [4.69, 9.17) is 14.2 Å². The Hall–Kier alpha value is -3.94. The minimum absolute atomic E-state index is 0.188. The van der Waals surface area contributed by atoms with E-state index < -0.39 is 0 Å². The minimum Gasteiger partial charge on any atom is -0.462 e. The van der Waals surface area contributed by atoms with E-state index in [1.165, 1.54) is 0 Å². The number of aromatic nitrogens is 1. The maximum Gasteiger partial charge on any atom is 0.340 e. The van der Waals surface area contributed by atoms with E-state index in [-0.39, 0.29) is 25.3 Å². The lowest BCUT2D eigenvalue weighted by Crippen LogP contribution is -2.34. The molecule has 2 heterocycles. The van der Waals surface area contributed by atoms with Crippen molar-refractivity contribution >= 4 is 17.7 Å². The van der Waals surface area contributed by atoms with E-state index in [1.807, 2.05) is 63.2 Å². The Morgan fingerprint density at radius 2 is 1.76 bits per heavy atom. The van der Waals surface area contributed by atoms with Crippen LogP contribution in [0, 0.1) is 20.8 Å². The second kappa shape index (κ2) is 9.91. The Morgan fingerprint density at radius 3 is 2.50 bits per heavy atom. The predicted molar refractivity (Wildman–Crippen MR) is 128 cm³/mol. The summed E-state index contributed by atoms with van der Waals surface area (Å²) in [6, 6.07) is 13.0. The van der Waals surface area contributed by atoms with Gasteiger partial charge in [-0.05, 0) is 63.1 Å². The first-order valence-corrected chi connectivity index (χ1v) is 11.2. The fraction of sp³-hybridized carbons (Fsp3) is 0.308. The number of aryl methyl sites for hydroxylation is 2. The number of hydrogen-bond acceptors (Lipinski definition) is 5. The van der Waals surface area contributed by atoms with Crippen LogP contribution < -0.4 is 14.8 Å². The van der Waals surface area contributed by atoms with Crippen molar-refractivity contribution in [3.63, 3.8) is 0 Å². The van der Waals surface area contributed by atoms with Gasteiger partial charge in [0, 0.05) is 23.6 Å². The van der Waals surface area contributed by atoms with Crippen molar-refractivity contribution in [3.8, 4) is 11.5 Å². The Labute approximate surface area is 198 Å². The van der Waals surface area contributed by atoms with Gasteiger partial charge in [-0.15, -0.1) is 0 Å². The van der Waals surface area contributed by atoms with Crippen molar-refractivity contribution in [2.45, 2.75) is 40.8 Å². The van der Waals surface area contributed by atoms with Crippen LogP contribution in [0.15, 0.2) is 42.5 Å². The Balaban J connectivity index is 1.60. The van der Waals surface area contributed by atoms with Crippen LogP contribution in [0.5, 0.6) is 11.5 Å². The van der Waals surface area contributed by atoms with Crippen LogP contribution in [-0.2, 0) is 17.8 Å². The van der Waals surface area contributed by atoms with Gasteiger partial charge in [0.2, 0.25) is 6.79 Å². The number of carbonyl (C=O) groups excluding carboxylic acids is 2. The summed E-state index contributed by atoms with van der Waals surface area (Å²) in [7, 11) is 0. The lowest BCUT2D eigenvalue weighted by atomic mass is 10.1. The molecule has 0 fully saturated rings. The van der Waals surface area contributed by atoms with E-state index >= 15 is 0 Å². The molecule has 0 spiro atoms. The Morgan fingerprint density at radius 1 is 1.03 bits per heavy atom. The molecule has 0 saturated carbocycles. The fourth-order valence-corrected chi connectivity index (χ4v) is 3.97. The number of nitrogens with one attached hydrogen (secondary N) is 2. The number of hydrogen-bond donors (Lipinski definition) is 2. The number of esters is 1. The van der Waals surface area contributed by atoms with Crippen LogP contribution in [0.25, 0.3) is 0 Å². The van der Waals surface area contributed by atoms with E-state index in [2.05, 4.69) is 10.3 Å². The number of urea groups is 1. The highest BCUT2D eigenvalue weighted by molar-refractivity contribution is 5.93. The van der Waals surface area contributed by atoms with Gasteiger partial charge >= 0.3 is 12.0 Å². The molecule has 1 aromatic heterocycles. The topological polar surface area (TPSA) is 92.9 Å². The molecule has 8 nitrogen and oxygen atoms in total. The summed E-state index contributed by atoms with van der Waals surface area (Å²) in [6.45, 7) is 8.56. The molecule has 0 aliphatic carbocycles. The molecule has 178 valence electrons. The molecular formula is C26H29N3O5. The fourth-order valence-electron chi connectivity index (χ4n) is 3.97. The summed E-state index contributed by atoms with van der Waals surface area (Å²) in [5.41, 5.74) is 5.49. The number of aromatic amines is 1. The lowest BCUT2D eigenvalue weighted by molar-refractivity contribution is 0.0525. The first-order valence-electron chi connectivity index (χ1n) is 11.2. The smallest absolute Gasteiger partial charge is 0.340 e. The number of carbonyl (C=O) groups is 2. The number of nitrogens with zero attached hydrogens (tertiary/aromatic N) is 1. The average molecular weight is 464 g/mol. The molecule has 0 unspecified atom stereocenters. The summed E-state index contributed by atoms with van der Waals surface area (Å²) in [5.74, 6) is 0.980. The molecule has 1 aliphatic rings. The predicted octanol–water partition coefficient (Wildman–Crippen LogP) is 5.08. The summed E-state index contributed by atoms with van der Waals surface area (Å²) in [5, 5.41) is 2.97. The third-order valence-corrected chi connectivity index (χ3v) is 5.77. The zero-order valence-electron chi connectivity index (χ0n) is 19.9. The first-order chi connectivity index (χ1) is 16.4. The first kappa shape index (κ1) is 23.2. The number of ether oxygens (including phenoxy) is 3. The van der Waals surface area contributed by atoms with E-state index in [9.17, 15) is 9.59 Å². The van der Waals surface area contributed by atoms with Crippen molar-refractivity contribution in [2.24, 2.45) is 0 Å². The molecule has 3 aromatic rings. The zero-order chi connectivity index (χ0) is 24.2. The van der Waals surface area contributed by atoms with E-state index in [0.717, 1.165) is 22.4 Å². The second-order valence-electron chi connectivity index (χ2n) is 8.29. The van der Waals surface area contributed by atoms with Gasteiger partial charge in [0.15, 0.2) is 11.5 Å². The zero-order valence-corrected chi connectivity index (χ0v) is 19.9. The van der Waals surface area contributed by atoms with E-state index in [0.29, 0.717) is 41.6 Å². The summed E-state index contributed by atoms with van der Waals surface area (Å²) < 4.78 is 16.1. The monoisotopic (exact) mass is 463 g/mol. The Kier molecular flexibility index (Phi) is 6.77. The number of benzene rings is 2. The van der Waals surface area contributed by atoms with Gasteiger partial charge in [0.1, 0.15) is 0 Å². The molecule has 2 N–H and O–H groups in total. The van der Waals surface area contributed by atoms with E-state index in [1.54, 1.807) is 11.8 Å². The van der Waals surface area contributed by atoms with Gasteiger partial charge in [0.05, 0.1) is 18.7 Å². The second-order valence-corrected chi connectivity index (χ2v) is 8.29. The maximum absolute atomic E-state index is 13.3. The summed E-state index contributed by atoms with van der Waals surface area (Å²) in [6.07, 6.45) is 0. The van der Waals surface area contributed by atoms with Crippen LogP contribution >= 0.6 is 0 Å². The van der Waals surface area contributed by atoms with Crippen LogP contribution in [0.1, 0.15) is 45.4 Å². The highest BCUT2D eigenvalue weighted by Crippen LogP contribution is 2.33. The molecule has 4 rings (SSSR count). The highest BCUT2D eigenvalue weighted by atomic mass is 16.7. The van der Waals surface area contributed by atoms with Crippen LogP contribution in [0.4, 0.5) is 10.5 Å². The molecule has 0 atom stereocenters. The number of anilines is 1. The van der Waals surface area contributed by atoms with Gasteiger partial charge in [0.25, 0.3) is 0 Å². The molecule has 34 heavy (non-hydrogen) atoms. The third kappa shape index (κ3) is 5.01. The van der Waals surface area contributed by atoms with Crippen molar-refractivity contribution in [2.75, 3.05) is 18.7 Å². The van der Waals surface area contributed by atoms with Gasteiger partial charge in [-0.2, -0.15) is 0 Å². The lowest BCUT2D eigenvalue weighted by Gasteiger charge is -2.23. The average Bonchev–Trinajstić information content (AvgIpc) is 3.38. The largest absolute Gasteiger partial charge is 0.462 e. The van der Waals surface area contributed by atoms with Gasteiger partial charge in [-0.3, -0.25) is 0 Å².